The monoisotopic (exact) mass is 871 g/mol. The molecule has 0 aromatic rings. The van der Waals surface area contributed by atoms with Crippen molar-refractivity contribution < 1.29 is 108 Å². The van der Waals surface area contributed by atoms with Gasteiger partial charge in [-0.3, -0.25) is 9.59 Å². The predicted molar refractivity (Wildman–Crippen MR) is 192 cm³/mol. The van der Waals surface area contributed by atoms with Crippen LogP contribution >= 0.6 is 0 Å². The van der Waals surface area contributed by atoms with Gasteiger partial charge in [-0.25, -0.2) is 14.4 Å². The highest BCUT2D eigenvalue weighted by Crippen LogP contribution is 2.35. The van der Waals surface area contributed by atoms with E-state index in [1.54, 1.807) is 0 Å². The smallest absolute Gasteiger partial charge is 0.407 e. The fraction of sp³-hybridized carbons (Fsp3) is 0.857. The van der Waals surface area contributed by atoms with Crippen LogP contribution in [0.15, 0.2) is 0 Å². The second-order valence-corrected chi connectivity index (χ2v) is 15.1. The largest absolute Gasteiger partial charge is 0.479 e. The lowest BCUT2D eigenvalue weighted by Gasteiger charge is -2.50. The average molecular weight is 872 g/mol. The number of rotatable bonds is 16. The second kappa shape index (κ2) is 21.6. The summed E-state index contributed by atoms with van der Waals surface area (Å²) in [5.74, 6) is -5.93. The highest BCUT2D eigenvalue weighted by atomic mass is 16.8. The van der Waals surface area contributed by atoms with Gasteiger partial charge in [0.15, 0.2) is 31.1 Å². The molecule has 0 aliphatic carbocycles. The van der Waals surface area contributed by atoms with Crippen molar-refractivity contribution in [2.75, 3.05) is 19.8 Å². The molecule has 25 nitrogen and oxygen atoms in total. The molecule has 4 fully saturated rings. The van der Waals surface area contributed by atoms with Gasteiger partial charge in [-0.15, -0.1) is 0 Å². The van der Waals surface area contributed by atoms with E-state index < -0.39 is 165 Å². The number of aliphatic hydroxyl groups is 7. The zero-order valence-electron chi connectivity index (χ0n) is 33.4. The fourth-order valence-corrected chi connectivity index (χ4v) is 7.34. The number of ether oxygens (including phenoxy) is 8. The van der Waals surface area contributed by atoms with E-state index in [4.69, 9.17) is 37.9 Å². The van der Waals surface area contributed by atoms with Crippen LogP contribution in [0, 0.1) is 5.92 Å². The van der Waals surface area contributed by atoms with Crippen LogP contribution in [-0.4, -0.2) is 212 Å². The Morgan fingerprint density at radius 2 is 1.13 bits per heavy atom. The Balaban J connectivity index is 1.67. The Labute approximate surface area is 343 Å². The van der Waals surface area contributed by atoms with Gasteiger partial charge in [0.2, 0.25) is 11.8 Å². The molecule has 0 aromatic carbocycles. The third-order valence-electron chi connectivity index (χ3n) is 10.6. The van der Waals surface area contributed by atoms with Gasteiger partial charge in [0.25, 0.3) is 0 Å². The summed E-state index contributed by atoms with van der Waals surface area (Å²) in [6, 6.07) is -2.90. The third kappa shape index (κ3) is 11.5. The molecular weight excluding hydrogens is 814 g/mol. The lowest BCUT2D eigenvalue weighted by Crippen LogP contribution is -2.70. The van der Waals surface area contributed by atoms with Crippen molar-refractivity contribution in [3.05, 3.63) is 0 Å². The van der Waals surface area contributed by atoms with Crippen molar-refractivity contribution in [3.8, 4) is 0 Å². The Morgan fingerprint density at radius 3 is 1.68 bits per heavy atom. The molecule has 0 saturated carbocycles. The molecule has 60 heavy (non-hydrogen) atoms. The summed E-state index contributed by atoms with van der Waals surface area (Å²) in [5, 5.41) is 104. The molecule has 344 valence electrons. The van der Waals surface area contributed by atoms with Crippen molar-refractivity contribution in [2.24, 2.45) is 5.92 Å². The third-order valence-corrected chi connectivity index (χ3v) is 10.6. The van der Waals surface area contributed by atoms with Gasteiger partial charge < -0.3 is 99.8 Å². The van der Waals surface area contributed by atoms with Gasteiger partial charge in [0, 0.05) is 26.3 Å². The molecule has 4 heterocycles. The lowest BCUT2D eigenvalue weighted by molar-refractivity contribution is -0.365. The van der Waals surface area contributed by atoms with Crippen molar-refractivity contribution in [1.29, 1.82) is 0 Å². The van der Waals surface area contributed by atoms with Crippen LogP contribution in [0.2, 0.25) is 0 Å². The number of aliphatic carboxylic acids is 2. The number of nitrogens with one attached hydrogen (secondary N) is 3. The number of hydrogen-bond donors (Lipinski definition) is 12. The quantitative estimate of drug-likeness (QED) is 0.0644. The molecule has 0 spiro atoms. The Hall–Kier alpha value is -3.41. The molecule has 0 bridgehead atoms. The molecule has 20 atom stereocenters. The summed E-state index contributed by atoms with van der Waals surface area (Å²) in [6.07, 6.45) is -30.8. The summed E-state index contributed by atoms with van der Waals surface area (Å²) in [5.41, 5.74) is 0. The highest BCUT2D eigenvalue weighted by Gasteiger charge is 2.57. The number of unbranched alkanes of at least 4 members (excludes halogenated alkanes) is 1. The molecule has 4 aliphatic heterocycles. The van der Waals surface area contributed by atoms with Crippen LogP contribution in [0.3, 0.4) is 0 Å². The highest BCUT2D eigenvalue weighted by molar-refractivity contribution is 5.74. The van der Waals surface area contributed by atoms with Crippen molar-refractivity contribution >= 4 is 29.8 Å². The normalized spacial score (nSPS) is 42.1. The number of carbonyl (C=O) groups is 5. The van der Waals surface area contributed by atoms with Gasteiger partial charge in [-0.05, 0) is 13.3 Å². The van der Waals surface area contributed by atoms with E-state index >= 15 is 0 Å². The summed E-state index contributed by atoms with van der Waals surface area (Å²) in [7, 11) is 0. The Bertz CT molecular complexity index is 1480. The van der Waals surface area contributed by atoms with E-state index in [0.29, 0.717) is 6.42 Å². The maximum atomic E-state index is 12.7. The standard InChI is InChI=1S/C35H57N3O22/c1-6-7-8-36-35(52)53-10-16-21(44)27(58-33-23(46)19(42)11(2)25(56-33)30(48)49)18(38-14(5)41)32(55-16)59-28-22(45)24(47)34(60-29(28)31(50)51)57-26-17(37-13(4)40)12(3)54-15(9-39)20(26)43/h11-12,15-29,32-34,39,42-47H,6-10H2,1-5H3,(H,36,52)(H,37,40)(H,38,41)(H,48,49)(H,50,51)/t11?,12?,15?,16?,17?,18?,19-,20+,21+,22+,23?,24?,25?,26+,27+,28-,29?,32-,33-,34+/m0/s1. The van der Waals surface area contributed by atoms with E-state index in [2.05, 4.69) is 16.0 Å². The Kier molecular flexibility index (Phi) is 17.7. The molecule has 0 radical (unpaired) electrons. The topological polar surface area (TPSA) is 377 Å². The molecule has 25 heteroatoms. The van der Waals surface area contributed by atoms with Crippen LogP contribution in [0.5, 0.6) is 0 Å². The van der Waals surface area contributed by atoms with Crippen LogP contribution in [0.1, 0.15) is 47.5 Å². The molecule has 4 saturated heterocycles. The van der Waals surface area contributed by atoms with Crippen LogP contribution in [0.25, 0.3) is 0 Å². The van der Waals surface area contributed by atoms with Gasteiger partial charge in [-0.2, -0.15) is 0 Å². The maximum absolute atomic E-state index is 12.7. The number of carboxylic acids is 2. The minimum atomic E-state index is -2.25. The number of alkyl carbamates (subject to hydrolysis) is 1. The first-order chi connectivity index (χ1) is 28.2. The molecule has 0 aromatic heterocycles. The lowest BCUT2D eigenvalue weighted by atomic mass is 9.90. The van der Waals surface area contributed by atoms with Crippen LogP contribution in [0.4, 0.5) is 4.79 Å². The number of carbonyl (C=O) groups excluding carboxylic acids is 3. The van der Waals surface area contributed by atoms with Gasteiger partial charge >= 0.3 is 18.0 Å². The predicted octanol–water partition coefficient (Wildman–Crippen LogP) is -5.40. The zero-order chi connectivity index (χ0) is 44.7. The maximum Gasteiger partial charge on any atom is 0.407 e. The van der Waals surface area contributed by atoms with Gasteiger partial charge in [-0.1, -0.05) is 20.3 Å². The first-order valence-electron chi connectivity index (χ1n) is 19.4. The molecule has 4 rings (SSSR count). The fourth-order valence-electron chi connectivity index (χ4n) is 7.34. The van der Waals surface area contributed by atoms with Crippen molar-refractivity contribution in [2.45, 2.75) is 164 Å². The van der Waals surface area contributed by atoms with E-state index in [0.717, 1.165) is 20.3 Å². The molecule has 12 N–H and O–H groups in total. The summed E-state index contributed by atoms with van der Waals surface area (Å²) in [6.45, 7) is 5.56. The second-order valence-electron chi connectivity index (χ2n) is 15.1. The Morgan fingerprint density at radius 1 is 0.617 bits per heavy atom. The number of carboxylic acid groups (broad SMARTS) is 2. The zero-order valence-corrected chi connectivity index (χ0v) is 33.4. The van der Waals surface area contributed by atoms with Crippen LogP contribution < -0.4 is 16.0 Å². The van der Waals surface area contributed by atoms with E-state index in [9.17, 15) is 69.9 Å². The first kappa shape index (κ1) is 49.2. The van der Waals surface area contributed by atoms with E-state index in [-0.39, 0.29) is 6.54 Å². The van der Waals surface area contributed by atoms with Crippen molar-refractivity contribution in [3.63, 3.8) is 0 Å². The minimum Gasteiger partial charge on any atom is -0.479 e. The average Bonchev–Trinajstić information content (AvgIpc) is 3.18. The minimum absolute atomic E-state index is 0.222. The summed E-state index contributed by atoms with van der Waals surface area (Å²) < 4.78 is 45.3. The van der Waals surface area contributed by atoms with Gasteiger partial charge in [0.1, 0.15) is 73.7 Å². The van der Waals surface area contributed by atoms with E-state index in [1.807, 2.05) is 6.92 Å². The van der Waals surface area contributed by atoms with E-state index in [1.165, 1.54) is 13.8 Å². The van der Waals surface area contributed by atoms with Crippen LogP contribution in [-0.2, 0) is 57.1 Å². The molecule has 4 aliphatic rings. The molecule has 3 amide bonds. The number of aliphatic hydroxyl groups excluding tert-OH is 7. The summed E-state index contributed by atoms with van der Waals surface area (Å²) >= 11 is 0. The number of hydrogen-bond acceptors (Lipinski definition) is 20. The molecule has 10 unspecified atom stereocenters. The number of amides is 3. The van der Waals surface area contributed by atoms with Crippen molar-refractivity contribution in [1.82, 2.24) is 16.0 Å². The summed E-state index contributed by atoms with van der Waals surface area (Å²) in [4.78, 5) is 61.8. The first-order valence-corrected chi connectivity index (χ1v) is 19.4. The van der Waals surface area contributed by atoms with Gasteiger partial charge in [0.05, 0.1) is 24.9 Å². The SMILES string of the molecule is CCCCNC(=O)OCC1O[C@@H](O[C@@H]2C(C(=O)O)O[C@@H](O[C@@H]3C(NC(C)=O)C(C)OC(CO)[C@H]3O)C(O)[C@H]2O)C(NC(C)=O)[C@@H](O[C@@H]2OC(C(=O)O)C(C)[C@H](O)C2O)[C@@H]1O. The molecular formula is C35H57N3O22.